The first kappa shape index (κ1) is 15.4. The number of hydrogen-bond donors (Lipinski definition) is 1. The summed E-state index contributed by atoms with van der Waals surface area (Å²) in [6, 6.07) is 7.63. The zero-order valence-corrected chi connectivity index (χ0v) is 13.8. The third-order valence-electron chi connectivity index (χ3n) is 4.67. The van der Waals surface area contributed by atoms with Gasteiger partial charge in [0.1, 0.15) is 17.5 Å². The average Bonchev–Trinajstić information content (AvgIpc) is 3.31. The molecule has 1 saturated heterocycles. The number of para-hydroxylation sites is 1. The number of carbonyl (C=O) groups is 2. The number of carbonyl (C=O) groups excluding carboxylic acids is 2. The van der Waals surface area contributed by atoms with Crippen LogP contribution in [0.5, 0.6) is 0 Å². The number of primary amides is 1. The molecule has 0 aliphatic carbocycles. The van der Waals surface area contributed by atoms with Gasteiger partial charge in [0, 0.05) is 37.3 Å². The predicted molar refractivity (Wildman–Crippen MR) is 91.6 cm³/mol. The van der Waals surface area contributed by atoms with E-state index in [-0.39, 0.29) is 17.7 Å². The molecule has 2 N–H and O–H groups in total. The van der Waals surface area contributed by atoms with Crippen molar-refractivity contribution in [3.8, 4) is 11.3 Å². The number of rotatable bonds is 3. The third kappa shape index (κ3) is 2.57. The fraction of sp³-hybridized carbons (Fsp3) is 0.278. The Bertz CT molecular complexity index is 972. The van der Waals surface area contributed by atoms with Crippen molar-refractivity contribution < 1.29 is 14.0 Å². The van der Waals surface area contributed by atoms with Crippen LogP contribution in [-0.4, -0.2) is 39.6 Å². The van der Waals surface area contributed by atoms with Crippen LogP contribution in [0.2, 0.25) is 0 Å². The standard InChI is InChI=1S/C18H18N4O3/c1-21-9-13(18(24)22-7-6-11(8-22)17(19)23)16(20-21)14-10-25-15-5-3-2-4-12(14)15/h2-5,9-11H,6-8H2,1H3,(H2,19,23)/t11-/m0/s1. The number of hydrogen-bond acceptors (Lipinski definition) is 4. The predicted octanol–water partition coefficient (Wildman–Crippen LogP) is 1.78. The van der Waals surface area contributed by atoms with Crippen LogP contribution in [0.3, 0.4) is 0 Å². The highest BCUT2D eigenvalue weighted by Crippen LogP contribution is 2.32. The van der Waals surface area contributed by atoms with Crippen LogP contribution < -0.4 is 5.73 Å². The van der Waals surface area contributed by atoms with E-state index in [1.165, 1.54) is 0 Å². The molecule has 0 radical (unpaired) electrons. The van der Waals surface area contributed by atoms with Gasteiger partial charge in [-0.2, -0.15) is 5.10 Å². The van der Waals surface area contributed by atoms with Crippen LogP contribution in [0.1, 0.15) is 16.8 Å². The Hall–Kier alpha value is -3.09. The second-order valence-corrected chi connectivity index (χ2v) is 6.35. The Morgan fingerprint density at radius 3 is 2.88 bits per heavy atom. The number of aryl methyl sites for hydroxylation is 1. The number of nitrogens with zero attached hydrogens (tertiary/aromatic N) is 3. The van der Waals surface area contributed by atoms with E-state index in [4.69, 9.17) is 10.2 Å². The van der Waals surface area contributed by atoms with Crippen LogP contribution in [0.15, 0.2) is 41.1 Å². The van der Waals surface area contributed by atoms with Crippen molar-refractivity contribution in [1.29, 1.82) is 0 Å². The van der Waals surface area contributed by atoms with Crippen molar-refractivity contribution in [3.63, 3.8) is 0 Å². The molecule has 1 aliphatic heterocycles. The van der Waals surface area contributed by atoms with Crippen molar-refractivity contribution >= 4 is 22.8 Å². The molecular weight excluding hydrogens is 320 g/mol. The molecule has 4 rings (SSSR count). The number of benzene rings is 1. The van der Waals surface area contributed by atoms with Gasteiger partial charge in [0.05, 0.1) is 11.5 Å². The fourth-order valence-electron chi connectivity index (χ4n) is 3.35. The minimum Gasteiger partial charge on any atom is -0.464 e. The lowest BCUT2D eigenvalue weighted by atomic mass is 10.1. The summed E-state index contributed by atoms with van der Waals surface area (Å²) in [6.45, 7) is 0.877. The van der Waals surface area contributed by atoms with E-state index >= 15 is 0 Å². The quantitative estimate of drug-likeness (QED) is 0.787. The highest BCUT2D eigenvalue weighted by Gasteiger charge is 2.32. The number of amides is 2. The van der Waals surface area contributed by atoms with Gasteiger partial charge in [-0.1, -0.05) is 18.2 Å². The number of furan rings is 1. The number of aromatic nitrogens is 2. The van der Waals surface area contributed by atoms with Crippen molar-refractivity contribution in [2.45, 2.75) is 6.42 Å². The van der Waals surface area contributed by atoms with Gasteiger partial charge < -0.3 is 15.1 Å². The number of fused-ring (bicyclic) bond motifs is 1. The summed E-state index contributed by atoms with van der Waals surface area (Å²) in [5.74, 6) is -0.779. The molecule has 1 fully saturated rings. The maximum Gasteiger partial charge on any atom is 0.257 e. The molecule has 7 nitrogen and oxygen atoms in total. The van der Waals surface area contributed by atoms with E-state index in [1.54, 1.807) is 29.1 Å². The Kier molecular flexibility index (Phi) is 3.56. The average molecular weight is 338 g/mol. The van der Waals surface area contributed by atoms with Crippen LogP contribution in [0.4, 0.5) is 0 Å². The zero-order chi connectivity index (χ0) is 17.6. The van der Waals surface area contributed by atoms with Gasteiger partial charge >= 0.3 is 0 Å². The van der Waals surface area contributed by atoms with E-state index in [0.29, 0.717) is 30.8 Å². The second kappa shape index (κ2) is 5.77. The molecule has 7 heteroatoms. The lowest BCUT2D eigenvalue weighted by Gasteiger charge is -2.15. The molecule has 1 aromatic carbocycles. The molecule has 3 aromatic rings. The Morgan fingerprint density at radius 2 is 2.12 bits per heavy atom. The van der Waals surface area contributed by atoms with E-state index in [9.17, 15) is 9.59 Å². The molecule has 2 aromatic heterocycles. The van der Waals surface area contributed by atoms with Gasteiger partial charge in [0.25, 0.3) is 5.91 Å². The lowest BCUT2D eigenvalue weighted by Crippen LogP contribution is -2.31. The Balaban J connectivity index is 1.72. The summed E-state index contributed by atoms with van der Waals surface area (Å²) in [4.78, 5) is 26.0. The molecule has 0 bridgehead atoms. The minimum absolute atomic E-state index is 0.142. The zero-order valence-electron chi connectivity index (χ0n) is 13.8. The van der Waals surface area contributed by atoms with Gasteiger partial charge in [-0.15, -0.1) is 0 Å². The first-order valence-electron chi connectivity index (χ1n) is 8.13. The summed E-state index contributed by atoms with van der Waals surface area (Å²) in [6.07, 6.45) is 3.93. The topological polar surface area (TPSA) is 94.4 Å². The maximum absolute atomic E-state index is 13.0. The molecule has 128 valence electrons. The van der Waals surface area contributed by atoms with Gasteiger partial charge in [-0.3, -0.25) is 14.3 Å². The first-order valence-corrected chi connectivity index (χ1v) is 8.13. The monoisotopic (exact) mass is 338 g/mol. The van der Waals surface area contributed by atoms with Gasteiger partial charge in [-0.25, -0.2) is 0 Å². The summed E-state index contributed by atoms with van der Waals surface area (Å²) < 4.78 is 7.20. The van der Waals surface area contributed by atoms with E-state index in [2.05, 4.69) is 5.10 Å². The van der Waals surface area contributed by atoms with E-state index in [0.717, 1.165) is 16.5 Å². The molecule has 2 amide bonds. The highest BCUT2D eigenvalue weighted by atomic mass is 16.3. The normalized spacial score (nSPS) is 17.3. The molecule has 0 saturated carbocycles. The summed E-state index contributed by atoms with van der Waals surface area (Å²) >= 11 is 0. The molecule has 1 atom stereocenters. The van der Waals surface area contributed by atoms with E-state index < -0.39 is 0 Å². The smallest absolute Gasteiger partial charge is 0.257 e. The molecular formula is C18H18N4O3. The van der Waals surface area contributed by atoms with Crippen molar-refractivity contribution in [2.75, 3.05) is 13.1 Å². The van der Waals surface area contributed by atoms with Gasteiger partial charge in [-0.05, 0) is 12.5 Å². The minimum atomic E-state index is -0.359. The van der Waals surface area contributed by atoms with Crippen LogP contribution >= 0.6 is 0 Å². The van der Waals surface area contributed by atoms with Crippen LogP contribution in [0.25, 0.3) is 22.2 Å². The molecule has 0 spiro atoms. The Morgan fingerprint density at radius 1 is 1.32 bits per heavy atom. The van der Waals surface area contributed by atoms with Crippen LogP contribution in [0, 0.1) is 5.92 Å². The summed E-state index contributed by atoms with van der Waals surface area (Å²) in [5.41, 5.74) is 7.98. The molecule has 25 heavy (non-hydrogen) atoms. The Labute approximate surface area is 144 Å². The SMILES string of the molecule is Cn1cc(C(=O)N2CC[C@H](C(N)=O)C2)c(-c2coc3ccccc23)n1. The molecule has 3 heterocycles. The molecule has 1 aliphatic rings. The number of likely N-dealkylation sites (tertiary alicyclic amines) is 1. The highest BCUT2D eigenvalue weighted by molar-refractivity contribution is 6.04. The fourth-order valence-corrected chi connectivity index (χ4v) is 3.35. The second-order valence-electron chi connectivity index (χ2n) is 6.35. The largest absolute Gasteiger partial charge is 0.464 e. The summed E-state index contributed by atoms with van der Waals surface area (Å²) in [7, 11) is 1.78. The first-order chi connectivity index (χ1) is 12.0. The van der Waals surface area contributed by atoms with Gasteiger partial charge in [0.15, 0.2) is 0 Å². The maximum atomic E-state index is 13.0. The van der Waals surface area contributed by atoms with Crippen molar-refractivity contribution in [1.82, 2.24) is 14.7 Å². The lowest BCUT2D eigenvalue weighted by molar-refractivity contribution is -0.121. The van der Waals surface area contributed by atoms with Crippen LogP contribution in [-0.2, 0) is 11.8 Å². The van der Waals surface area contributed by atoms with E-state index in [1.807, 2.05) is 24.3 Å². The summed E-state index contributed by atoms with van der Waals surface area (Å²) in [5, 5.41) is 5.38. The third-order valence-corrected chi connectivity index (χ3v) is 4.67. The van der Waals surface area contributed by atoms with Gasteiger partial charge in [0.2, 0.25) is 5.91 Å². The molecule has 0 unspecified atom stereocenters. The number of nitrogens with two attached hydrogens (primary N) is 1. The van der Waals surface area contributed by atoms with Crippen molar-refractivity contribution in [3.05, 3.63) is 42.3 Å². The van der Waals surface area contributed by atoms with Crippen molar-refractivity contribution in [2.24, 2.45) is 18.7 Å².